The van der Waals surface area contributed by atoms with Crippen molar-refractivity contribution in [1.82, 2.24) is 4.98 Å². The van der Waals surface area contributed by atoms with E-state index in [0.717, 1.165) is 22.9 Å². The Kier molecular flexibility index (Phi) is 3.69. The molecule has 0 spiro atoms. The zero-order chi connectivity index (χ0) is 11.5. The summed E-state index contributed by atoms with van der Waals surface area (Å²) in [5.41, 5.74) is 1.73. The molecule has 0 aliphatic heterocycles. The molecule has 5 heteroatoms. The molecule has 1 aromatic carbocycles. The number of nitrogens with one attached hydrogen (secondary N) is 1. The quantitative estimate of drug-likeness (QED) is 0.887. The Morgan fingerprint density at radius 2 is 2.19 bits per heavy atom. The number of thiazole rings is 1. The van der Waals surface area contributed by atoms with Crippen molar-refractivity contribution in [2.24, 2.45) is 0 Å². The van der Waals surface area contributed by atoms with Crippen molar-refractivity contribution >= 4 is 39.7 Å². The van der Waals surface area contributed by atoms with E-state index in [2.05, 4.69) is 10.3 Å². The highest BCUT2D eigenvalue weighted by Crippen LogP contribution is 2.34. The van der Waals surface area contributed by atoms with E-state index in [9.17, 15) is 0 Å². The van der Waals surface area contributed by atoms with E-state index in [1.165, 1.54) is 0 Å². The Morgan fingerprint density at radius 3 is 2.94 bits per heavy atom. The summed E-state index contributed by atoms with van der Waals surface area (Å²) in [6.07, 6.45) is 0. The maximum atomic E-state index is 6.13. The van der Waals surface area contributed by atoms with Gasteiger partial charge in [-0.1, -0.05) is 35.3 Å². The highest BCUT2D eigenvalue weighted by atomic mass is 35.5. The summed E-state index contributed by atoms with van der Waals surface area (Å²) < 4.78 is 0. The van der Waals surface area contributed by atoms with Crippen molar-refractivity contribution in [2.45, 2.75) is 6.92 Å². The average molecular weight is 273 g/mol. The number of nitrogens with zero attached hydrogens (tertiary/aromatic N) is 1. The molecule has 0 saturated carbocycles. The Morgan fingerprint density at radius 1 is 1.38 bits per heavy atom. The zero-order valence-corrected chi connectivity index (χ0v) is 11.0. The number of anilines is 1. The Balaban J connectivity index is 2.39. The first-order chi connectivity index (χ1) is 7.72. The fourth-order valence-electron chi connectivity index (χ4n) is 1.33. The summed E-state index contributed by atoms with van der Waals surface area (Å²) in [5.74, 6) is 0. The molecule has 0 unspecified atom stereocenters. The second-order valence-electron chi connectivity index (χ2n) is 3.17. The maximum absolute atomic E-state index is 6.13. The maximum Gasteiger partial charge on any atom is 0.183 e. The standard InChI is InChI=1S/C11H10Cl2N2S/c1-2-14-11-15-9(6-16-11)7-4-3-5-8(12)10(7)13/h3-6H,2H2,1H3,(H,14,15). The van der Waals surface area contributed by atoms with Crippen molar-refractivity contribution in [3.63, 3.8) is 0 Å². The number of halogens is 2. The van der Waals surface area contributed by atoms with Crippen molar-refractivity contribution in [2.75, 3.05) is 11.9 Å². The average Bonchev–Trinajstić information content (AvgIpc) is 2.71. The first-order valence-corrected chi connectivity index (χ1v) is 6.49. The summed E-state index contributed by atoms with van der Waals surface area (Å²) in [6, 6.07) is 5.56. The van der Waals surface area contributed by atoms with E-state index < -0.39 is 0 Å². The van der Waals surface area contributed by atoms with Gasteiger partial charge in [-0.2, -0.15) is 0 Å². The molecule has 0 aliphatic carbocycles. The Hall–Kier alpha value is -0.770. The Bertz CT molecular complexity index is 496. The molecule has 0 saturated heterocycles. The summed E-state index contributed by atoms with van der Waals surface area (Å²) in [4.78, 5) is 4.44. The van der Waals surface area contributed by atoms with E-state index in [1.807, 2.05) is 24.4 Å². The number of hydrogen-bond acceptors (Lipinski definition) is 3. The number of aromatic nitrogens is 1. The van der Waals surface area contributed by atoms with E-state index >= 15 is 0 Å². The SMILES string of the molecule is CCNc1nc(-c2cccc(Cl)c2Cl)cs1. The van der Waals surface area contributed by atoms with Crippen LogP contribution in [0.5, 0.6) is 0 Å². The molecule has 1 heterocycles. The summed E-state index contributed by atoms with van der Waals surface area (Å²) in [5, 5.41) is 7.13. The molecule has 1 N–H and O–H groups in total. The van der Waals surface area contributed by atoms with Gasteiger partial charge in [-0.3, -0.25) is 0 Å². The van der Waals surface area contributed by atoms with Gasteiger partial charge in [0, 0.05) is 17.5 Å². The van der Waals surface area contributed by atoms with Crippen LogP contribution in [0.15, 0.2) is 23.6 Å². The lowest BCUT2D eigenvalue weighted by Gasteiger charge is -2.02. The van der Waals surface area contributed by atoms with E-state index in [-0.39, 0.29) is 0 Å². The van der Waals surface area contributed by atoms with Gasteiger partial charge < -0.3 is 5.32 Å². The highest BCUT2D eigenvalue weighted by molar-refractivity contribution is 7.14. The van der Waals surface area contributed by atoms with Crippen LogP contribution in [0, 0.1) is 0 Å². The predicted octanol–water partition coefficient (Wildman–Crippen LogP) is 4.55. The highest BCUT2D eigenvalue weighted by Gasteiger charge is 2.09. The smallest absolute Gasteiger partial charge is 0.183 e. The topological polar surface area (TPSA) is 24.9 Å². The van der Waals surface area contributed by atoms with Gasteiger partial charge in [-0.25, -0.2) is 4.98 Å². The van der Waals surface area contributed by atoms with E-state index in [4.69, 9.17) is 23.2 Å². The van der Waals surface area contributed by atoms with E-state index in [1.54, 1.807) is 17.4 Å². The first kappa shape index (κ1) is 11.7. The number of hydrogen-bond donors (Lipinski definition) is 1. The summed E-state index contributed by atoms with van der Waals surface area (Å²) in [6.45, 7) is 2.89. The van der Waals surface area contributed by atoms with Gasteiger partial charge in [0.05, 0.1) is 15.7 Å². The van der Waals surface area contributed by atoms with Gasteiger partial charge in [-0.05, 0) is 13.0 Å². The molecule has 0 fully saturated rings. The second kappa shape index (κ2) is 5.04. The van der Waals surface area contributed by atoms with Crippen LogP contribution < -0.4 is 5.32 Å². The van der Waals surface area contributed by atoms with Crippen LogP contribution in [0.2, 0.25) is 10.0 Å². The molecule has 2 nitrogen and oxygen atoms in total. The van der Waals surface area contributed by atoms with E-state index in [0.29, 0.717) is 10.0 Å². The zero-order valence-electron chi connectivity index (χ0n) is 8.63. The lowest BCUT2D eigenvalue weighted by Crippen LogP contribution is -1.95. The fourth-order valence-corrected chi connectivity index (χ4v) is 2.51. The molecule has 84 valence electrons. The van der Waals surface area contributed by atoms with Crippen molar-refractivity contribution in [1.29, 1.82) is 0 Å². The van der Waals surface area contributed by atoms with Crippen molar-refractivity contribution < 1.29 is 0 Å². The molecular weight excluding hydrogens is 263 g/mol. The monoisotopic (exact) mass is 272 g/mol. The van der Waals surface area contributed by atoms with Crippen LogP contribution in [0.1, 0.15) is 6.92 Å². The molecular formula is C11H10Cl2N2S. The third-order valence-corrected chi connectivity index (χ3v) is 3.68. The van der Waals surface area contributed by atoms with Gasteiger partial charge in [0.2, 0.25) is 0 Å². The van der Waals surface area contributed by atoms with Crippen LogP contribution >= 0.6 is 34.5 Å². The predicted molar refractivity (Wildman–Crippen MR) is 71.7 cm³/mol. The summed E-state index contributed by atoms with van der Waals surface area (Å²) in [7, 11) is 0. The van der Waals surface area contributed by atoms with Gasteiger partial charge in [0.25, 0.3) is 0 Å². The molecule has 2 rings (SSSR count). The van der Waals surface area contributed by atoms with Crippen molar-refractivity contribution in [3.05, 3.63) is 33.6 Å². The molecule has 16 heavy (non-hydrogen) atoms. The normalized spacial score (nSPS) is 10.4. The van der Waals surface area contributed by atoms with Gasteiger partial charge in [0.1, 0.15) is 0 Å². The van der Waals surface area contributed by atoms with Gasteiger partial charge in [-0.15, -0.1) is 11.3 Å². The fraction of sp³-hybridized carbons (Fsp3) is 0.182. The third kappa shape index (κ3) is 2.32. The minimum Gasteiger partial charge on any atom is -0.362 e. The lowest BCUT2D eigenvalue weighted by molar-refractivity contribution is 1.19. The van der Waals surface area contributed by atoms with Crippen LogP contribution in [0.3, 0.4) is 0 Å². The minimum atomic E-state index is 0.553. The molecule has 0 atom stereocenters. The van der Waals surface area contributed by atoms with Crippen LogP contribution in [0.25, 0.3) is 11.3 Å². The molecule has 0 amide bonds. The molecule has 2 aromatic rings. The van der Waals surface area contributed by atoms with Crippen molar-refractivity contribution in [3.8, 4) is 11.3 Å². The molecule has 1 aromatic heterocycles. The molecule has 0 radical (unpaired) electrons. The lowest BCUT2D eigenvalue weighted by atomic mass is 10.2. The second-order valence-corrected chi connectivity index (χ2v) is 4.81. The number of rotatable bonds is 3. The van der Waals surface area contributed by atoms with Crippen LogP contribution in [-0.4, -0.2) is 11.5 Å². The number of benzene rings is 1. The third-order valence-electron chi connectivity index (χ3n) is 2.06. The largest absolute Gasteiger partial charge is 0.362 e. The molecule has 0 bridgehead atoms. The summed E-state index contributed by atoms with van der Waals surface area (Å²) >= 11 is 13.6. The van der Waals surface area contributed by atoms with Gasteiger partial charge >= 0.3 is 0 Å². The van der Waals surface area contributed by atoms with Gasteiger partial charge in [0.15, 0.2) is 5.13 Å². The minimum absolute atomic E-state index is 0.553. The Labute approximate surface area is 108 Å². The first-order valence-electron chi connectivity index (χ1n) is 4.86. The van der Waals surface area contributed by atoms with Crippen LogP contribution in [-0.2, 0) is 0 Å². The molecule has 0 aliphatic rings. The van der Waals surface area contributed by atoms with Crippen LogP contribution in [0.4, 0.5) is 5.13 Å².